The number of carboxylic acids is 2. The number of aliphatic carboxylic acids is 2. The van der Waals surface area contributed by atoms with Crippen molar-refractivity contribution in [2.24, 2.45) is 0 Å². The number of nitrogens with zero attached hydrogens (tertiary/aromatic N) is 4. The van der Waals surface area contributed by atoms with Crippen LogP contribution in [0.15, 0.2) is 169 Å². The van der Waals surface area contributed by atoms with Crippen molar-refractivity contribution in [2.75, 3.05) is 9.80 Å². The second-order valence-corrected chi connectivity index (χ2v) is 10.7. The zero-order chi connectivity index (χ0) is 35.3. The fourth-order valence-electron chi connectivity index (χ4n) is 5.09. The molecule has 8 heteroatoms. The first kappa shape index (κ1) is 33.9. The lowest BCUT2D eigenvalue weighted by atomic mass is 10.1. The standard InChI is InChI=1S/C42H30N4O4/c1-44-40(42(49)50)17-9-11-32-20-24-37(25-21-32)46(35-15-6-3-7-16-35)39-28-26-38(27-29-39)45(34-13-4-2-5-14-34)36-22-18-31(19-23-36)10-8-12-33(30-43)41(47)48/h2-29H,(H,47,48)(H,49,50)/b10-8+,11-9+,33-12+,40-17-. The number of hydrogen-bond donors (Lipinski definition) is 2. The second kappa shape index (κ2) is 16.4. The molecule has 50 heavy (non-hydrogen) atoms. The predicted octanol–water partition coefficient (Wildman–Crippen LogP) is 10.1. The number of hydrogen-bond acceptors (Lipinski definition) is 5. The molecular formula is C42H30N4O4. The molecule has 0 atom stereocenters. The fraction of sp³-hybridized carbons (Fsp3) is 0. The van der Waals surface area contributed by atoms with Gasteiger partial charge in [0.05, 0.1) is 6.57 Å². The van der Waals surface area contributed by atoms with Crippen LogP contribution in [0.5, 0.6) is 0 Å². The summed E-state index contributed by atoms with van der Waals surface area (Å²) < 4.78 is 0. The van der Waals surface area contributed by atoms with Crippen LogP contribution in [0.1, 0.15) is 11.1 Å². The molecule has 0 unspecified atom stereocenters. The molecule has 0 aliphatic carbocycles. The van der Waals surface area contributed by atoms with Gasteiger partial charge in [-0.3, -0.25) is 4.79 Å². The van der Waals surface area contributed by atoms with Crippen LogP contribution in [-0.4, -0.2) is 22.2 Å². The molecule has 0 radical (unpaired) electrons. The van der Waals surface area contributed by atoms with Crippen molar-refractivity contribution in [2.45, 2.75) is 0 Å². The topological polar surface area (TPSA) is 109 Å². The molecule has 2 N–H and O–H groups in total. The minimum atomic E-state index is -1.27. The van der Waals surface area contributed by atoms with Gasteiger partial charge < -0.3 is 20.0 Å². The summed E-state index contributed by atoms with van der Waals surface area (Å²) in [4.78, 5) is 29.5. The lowest BCUT2D eigenvalue weighted by Crippen LogP contribution is -2.12. The Morgan fingerprint density at radius 1 is 0.560 bits per heavy atom. The molecule has 0 bridgehead atoms. The smallest absolute Gasteiger partial charge is 0.346 e. The normalized spacial score (nSPS) is 11.6. The minimum Gasteiger partial charge on any atom is -0.486 e. The first-order chi connectivity index (χ1) is 24.4. The molecule has 5 rings (SSSR count). The molecule has 0 saturated heterocycles. The van der Waals surface area contributed by atoms with Gasteiger partial charge in [0.1, 0.15) is 11.6 Å². The number of rotatable bonds is 12. The van der Waals surface area contributed by atoms with Gasteiger partial charge in [-0.25, -0.2) is 9.64 Å². The average Bonchev–Trinajstić information content (AvgIpc) is 3.14. The number of benzene rings is 5. The molecular weight excluding hydrogens is 624 g/mol. The second-order valence-electron chi connectivity index (χ2n) is 10.7. The van der Waals surface area contributed by atoms with Crippen LogP contribution in [0.3, 0.4) is 0 Å². The highest BCUT2D eigenvalue weighted by Crippen LogP contribution is 2.39. The van der Waals surface area contributed by atoms with E-state index in [9.17, 15) is 9.59 Å². The molecule has 0 spiro atoms. The summed E-state index contributed by atoms with van der Waals surface area (Å²) in [7, 11) is 0. The van der Waals surface area contributed by atoms with E-state index in [1.54, 1.807) is 30.4 Å². The molecule has 5 aromatic carbocycles. The fourth-order valence-corrected chi connectivity index (χ4v) is 5.09. The lowest BCUT2D eigenvalue weighted by Gasteiger charge is -2.28. The summed E-state index contributed by atoms with van der Waals surface area (Å²) in [5.74, 6) is -2.53. The molecule has 0 aliphatic rings. The highest BCUT2D eigenvalue weighted by Gasteiger charge is 2.16. The molecule has 0 fully saturated rings. The molecule has 242 valence electrons. The Morgan fingerprint density at radius 3 is 1.26 bits per heavy atom. The Kier molecular flexibility index (Phi) is 11.1. The van der Waals surface area contributed by atoms with Gasteiger partial charge in [-0.05, 0) is 96.1 Å². The molecule has 8 nitrogen and oxygen atoms in total. The number of nitriles is 1. The van der Waals surface area contributed by atoms with Crippen LogP contribution < -0.4 is 9.80 Å². The minimum absolute atomic E-state index is 0.337. The SMILES string of the molecule is [C-]#[N+]/C(=C\C=C\c1ccc(N(c2ccccc2)c2ccc(N(c3ccccc3)c3ccc(/C=C/C=C(\C#N)C(=O)O)cc3)cc2)cc1)C(=O)O. The number of anilines is 6. The highest BCUT2D eigenvalue weighted by molar-refractivity contribution is 5.91. The zero-order valence-corrected chi connectivity index (χ0v) is 26.7. The Labute approximate surface area is 290 Å². The van der Waals surface area contributed by atoms with Gasteiger partial charge in [-0.2, -0.15) is 5.26 Å². The Bertz CT molecular complexity index is 2000. The highest BCUT2D eigenvalue weighted by atomic mass is 16.4. The first-order valence-corrected chi connectivity index (χ1v) is 15.4. The van der Waals surface area contributed by atoms with Crippen LogP contribution in [0, 0.1) is 17.9 Å². The summed E-state index contributed by atoms with van der Waals surface area (Å²) in [5.41, 5.74) is 6.67. The van der Waals surface area contributed by atoms with Crippen LogP contribution in [0.25, 0.3) is 17.0 Å². The molecule has 0 aliphatic heterocycles. The maximum atomic E-state index is 11.1. The summed E-state index contributed by atoms with van der Waals surface area (Å²) >= 11 is 0. The van der Waals surface area contributed by atoms with Gasteiger partial charge in [0.2, 0.25) is 0 Å². The monoisotopic (exact) mass is 654 g/mol. The third-order valence-corrected chi connectivity index (χ3v) is 7.48. The summed E-state index contributed by atoms with van der Waals surface area (Å²) in [6, 6.07) is 45.6. The van der Waals surface area contributed by atoms with Crippen molar-refractivity contribution >= 4 is 58.2 Å². The van der Waals surface area contributed by atoms with Crippen molar-refractivity contribution in [3.05, 3.63) is 192 Å². The van der Waals surface area contributed by atoms with Crippen molar-refractivity contribution in [3.8, 4) is 6.07 Å². The molecule has 0 aromatic heterocycles. The predicted molar refractivity (Wildman–Crippen MR) is 198 cm³/mol. The van der Waals surface area contributed by atoms with Gasteiger partial charge in [0.15, 0.2) is 0 Å². The number of allylic oxidation sites excluding steroid dienone is 4. The van der Waals surface area contributed by atoms with E-state index >= 15 is 0 Å². The van der Waals surface area contributed by atoms with Crippen LogP contribution in [-0.2, 0) is 9.59 Å². The largest absolute Gasteiger partial charge is 0.486 e. The summed E-state index contributed by atoms with van der Waals surface area (Å²) in [6.07, 6.45) is 9.15. The Balaban J connectivity index is 1.45. The third kappa shape index (κ3) is 8.48. The van der Waals surface area contributed by atoms with E-state index in [-0.39, 0.29) is 11.3 Å². The van der Waals surface area contributed by atoms with Crippen molar-refractivity contribution in [3.63, 3.8) is 0 Å². The molecule has 0 saturated carbocycles. The van der Waals surface area contributed by atoms with E-state index in [2.05, 4.69) is 38.9 Å². The van der Waals surface area contributed by atoms with Gasteiger partial charge in [-0.15, -0.1) is 0 Å². The molecule has 5 aromatic rings. The van der Waals surface area contributed by atoms with Crippen LogP contribution in [0.2, 0.25) is 0 Å². The number of carboxylic acid groups (broad SMARTS) is 2. The first-order valence-electron chi connectivity index (χ1n) is 15.4. The van der Waals surface area contributed by atoms with E-state index in [1.807, 2.05) is 109 Å². The maximum Gasteiger partial charge on any atom is 0.346 e. The van der Waals surface area contributed by atoms with Gasteiger partial charge >= 0.3 is 11.9 Å². The van der Waals surface area contributed by atoms with Crippen molar-refractivity contribution in [1.29, 1.82) is 5.26 Å². The molecule has 0 amide bonds. The lowest BCUT2D eigenvalue weighted by molar-refractivity contribution is -0.133. The van der Waals surface area contributed by atoms with Gasteiger partial charge in [0.25, 0.3) is 5.70 Å². The van der Waals surface area contributed by atoms with E-state index in [4.69, 9.17) is 22.0 Å². The third-order valence-electron chi connectivity index (χ3n) is 7.48. The van der Waals surface area contributed by atoms with E-state index in [0.29, 0.717) is 0 Å². The van der Waals surface area contributed by atoms with Crippen molar-refractivity contribution < 1.29 is 19.8 Å². The number of carbonyl (C=O) groups is 2. The Hall–Kier alpha value is -7.42. The van der Waals surface area contributed by atoms with Gasteiger partial charge in [-0.1, -0.05) is 85.0 Å². The van der Waals surface area contributed by atoms with E-state index in [0.717, 1.165) is 45.3 Å². The maximum absolute atomic E-state index is 11.1. The van der Waals surface area contributed by atoms with Crippen LogP contribution >= 0.6 is 0 Å². The summed E-state index contributed by atoms with van der Waals surface area (Å²) in [5, 5.41) is 27.1. The van der Waals surface area contributed by atoms with E-state index < -0.39 is 11.9 Å². The van der Waals surface area contributed by atoms with E-state index in [1.165, 1.54) is 12.2 Å². The zero-order valence-electron chi connectivity index (χ0n) is 26.7. The Morgan fingerprint density at radius 2 is 0.920 bits per heavy atom. The summed E-state index contributed by atoms with van der Waals surface area (Å²) in [6.45, 7) is 7.00. The van der Waals surface area contributed by atoms with Gasteiger partial charge in [0, 0.05) is 34.1 Å². The number of para-hydroxylation sites is 2. The quantitative estimate of drug-likeness (QED) is 0.0596. The van der Waals surface area contributed by atoms with Crippen LogP contribution in [0.4, 0.5) is 34.1 Å². The van der Waals surface area contributed by atoms with Crippen molar-refractivity contribution in [1.82, 2.24) is 0 Å². The average molecular weight is 655 g/mol. The molecule has 0 heterocycles.